The van der Waals surface area contributed by atoms with Gasteiger partial charge in [-0.2, -0.15) is 0 Å². The van der Waals surface area contributed by atoms with Gasteiger partial charge in [-0.1, -0.05) is 19.1 Å². The van der Waals surface area contributed by atoms with E-state index in [0.717, 1.165) is 12.3 Å². The van der Waals surface area contributed by atoms with E-state index in [0.29, 0.717) is 6.04 Å². The molecule has 0 aromatic carbocycles. The van der Waals surface area contributed by atoms with Crippen molar-refractivity contribution in [3.63, 3.8) is 0 Å². The van der Waals surface area contributed by atoms with Crippen LogP contribution in [0, 0.1) is 5.92 Å². The van der Waals surface area contributed by atoms with E-state index in [4.69, 9.17) is 5.73 Å². The lowest BCUT2D eigenvalue weighted by molar-refractivity contribution is 0.641. The number of allylic oxidation sites excluding steroid dienone is 1. The van der Waals surface area contributed by atoms with Crippen LogP contribution in [0.25, 0.3) is 0 Å². The fourth-order valence-corrected chi connectivity index (χ4v) is 0.919. The molecule has 0 bridgehead atoms. The Morgan fingerprint density at radius 2 is 2.29 bits per heavy atom. The van der Waals surface area contributed by atoms with Crippen molar-refractivity contribution in [2.24, 2.45) is 11.7 Å². The molecule has 0 spiro atoms. The van der Waals surface area contributed by atoms with E-state index >= 15 is 0 Å². The van der Waals surface area contributed by atoms with Crippen LogP contribution < -0.4 is 5.73 Å². The summed E-state index contributed by atoms with van der Waals surface area (Å²) < 4.78 is 0. The molecule has 0 saturated heterocycles. The summed E-state index contributed by atoms with van der Waals surface area (Å²) in [7, 11) is 0. The predicted molar refractivity (Wildman–Crippen MR) is 30.9 cm³/mol. The van der Waals surface area contributed by atoms with Gasteiger partial charge in [-0.3, -0.25) is 0 Å². The molecular formula is C6H11N. The van der Waals surface area contributed by atoms with E-state index in [1.54, 1.807) is 0 Å². The van der Waals surface area contributed by atoms with Gasteiger partial charge in [0.2, 0.25) is 0 Å². The van der Waals surface area contributed by atoms with Gasteiger partial charge < -0.3 is 5.73 Å². The Kier molecular flexibility index (Phi) is 1.15. The van der Waals surface area contributed by atoms with Crippen molar-refractivity contribution in [3.8, 4) is 0 Å². The molecule has 1 heteroatoms. The van der Waals surface area contributed by atoms with Crippen LogP contribution in [-0.2, 0) is 0 Å². The lowest BCUT2D eigenvalue weighted by atomic mass is 10.1. The van der Waals surface area contributed by atoms with Gasteiger partial charge in [0.1, 0.15) is 0 Å². The van der Waals surface area contributed by atoms with Crippen molar-refractivity contribution >= 4 is 0 Å². The maximum atomic E-state index is 5.54. The molecular weight excluding hydrogens is 86.1 g/mol. The first kappa shape index (κ1) is 4.85. The summed E-state index contributed by atoms with van der Waals surface area (Å²) in [6.45, 7) is 2.18. The van der Waals surface area contributed by atoms with Crippen molar-refractivity contribution in [1.29, 1.82) is 0 Å². The van der Waals surface area contributed by atoms with Gasteiger partial charge in [0, 0.05) is 6.04 Å². The Hall–Kier alpha value is -0.300. The van der Waals surface area contributed by atoms with Crippen LogP contribution in [-0.4, -0.2) is 6.04 Å². The summed E-state index contributed by atoms with van der Waals surface area (Å²) >= 11 is 0. The van der Waals surface area contributed by atoms with Crippen molar-refractivity contribution in [2.75, 3.05) is 0 Å². The van der Waals surface area contributed by atoms with Gasteiger partial charge in [-0.15, -0.1) is 0 Å². The molecule has 0 heterocycles. The molecule has 1 aliphatic carbocycles. The van der Waals surface area contributed by atoms with Crippen LogP contribution in [0.2, 0.25) is 0 Å². The van der Waals surface area contributed by atoms with E-state index in [-0.39, 0.29) is 0 Å². The van der Waals surface area contributed by atoms with Crippen molar-refractivity contribution < 1.29 is 0 Å². The van der Waals surface area contributed by atoms with Crippen LogP contribution in [0.15, 0.2) is 12.2 Å². The van der Waals surface area contributed by atoms with Crippen LogP contribution in [0.4, 0.5) is 0 Å². The van der Waals surface area contributed by atoms with E-state index in [1.807, 2.05) is 0 Å². The minimum atomic E-state index is 0.343. The first-order valence-corrected chi connectivity index (χ1v) is 2.73. The minimum Gasteiger partial charge on any atom is -0.324 e. The highest BCUT2D eigenvalue weighted by atomic mass is 14.6. The molecule has 0 aromatic heterocycles. The molecule has 0 radical (unpaired) electrons. The van der Waals surface area contributed by atoms with Crippen molar-refractivity contribution in [2.45, 2.75) is 19.4 Å². The van der Waals surface area contributed by atoms with Crippen LogP contribution in [0.3, 0.4) is 0 Å². The Morgan fingerprint density at radius 1 is 1.57 bits per heavy atom. The summed E-state index contributed by atoms with van der Waals surface area (Å²) in [5.41, 5.74) is 5.54. The highest BCUT2D eigenvalue weighted by Crippen LogP contribution is 2.13. The van der Waals surface area contributed by atoms with Gasteiger partial charge in [-0.25, -0.2) is 0 Å². The van der Waals surface area contributed by atoms with Gasteiger partial charge in [-0.05, 0) is 12.3 Å². The fourth-order valence-electron chi connectivity index (χ4n) is 0.919. The second-order valence-electron chi connectivity index (χ2n) is 2.26. The van der Waals surface area contributed by atoms with Crippen LogP contribution >= 0.6 is 0 Å². The SMILES string of the molecule is CC1C=CC(N)C1. The van der Waals surface area contributed by atoms with Gasteiger partial charge in [0.15, 0.2) is 0 Å². The quantitative estimate of drug-likeness (QED) is 0.447. The second-order valence-corrected chi connectivity index (χ2v) is 2.26. The monoisotopic (exact) mass is 97.1 g/mol. The lowest BCUT2D eigenvalue weighted by Gasteiger charge is -1.97. The molecule has 2 atom stereocenters. The zero-order valence-electron chi connectivity index (χ0n) is 4.59. The Bertz CT molecular complexity index is 76.2. The first-order valence-electron chi connectivity index (χ1n) is 2.73. The number of hydrogen-bond acceptors (Lipinski definition) is 1. The van der Waals surface area contributed by atoms with E-state index in [2.05, 4.69) is 19.1 Å². The lowest BCUT2D eigenvalue weighted by Crippen LogP contribution is -2.13. The topological polar surface area (TPSA) is 26.0 Å². The minimum absolute atomic E-state index is 0.343. The Morgan fingerprint density at radius 3 is 2.43 bits per heavy atom. The molecule has 0 aromatic rings. The second kappa shape index (κ2) is 1.66. The zero-order valence-corrected chi connectivity index (χ0v) is 4.59. The fraction of sp³-hybridized carbons (Fsp3) is 0.667. The van der Waals surface area contributed by atoms with Crippen LogP contribution in [0.5, 0.6) is 0 Å². The third kappa shape index (κ3) is 1.03. The first-order chi connectivity index (χ1) is 3.29. The largest absolute Gasteiger partial charge is 0.324 e. The molecule has 7 heavy (non-hydrogen) atoms. The van der Waals surface area contributed by atoms with E-state index < -0.39 is 0 Å². The normalized spacial score (nSPS) is 39.7. The van der Waals surface area contributed by atoms with Crippen molar-refractivity contribution in [3.05, 3.63) is 12.2 Å². The highest BCUT2D eigenvalue weighted by molar-refractivity contribution is 5.02. The molecule has 40 valence electrons. The third-order valence-electron chi connectivity index (χ3n) is 1.33. The number of hydrogen-bond donors (Lipinski definition) is 1. The Labute approximate surface area is 44.2 Å². The molecule has 0 fully saturated rings. The number of nitrogens with two attached hydrogens (primary N) is 1. The molecule has 2 N–H and O–H groups in total. The summed E-state index contributed by atoms with van der Waals surface area (Å²) in [6, 6.07) is 0.343. The highest BCUT2D eigenvalue weighted by Gasteiger charge is 2.08. The van der Waals surface area contributed by atoms with Gasteiger partial charge >= 0.3 is 0 Å². The van der Waals surface area contributed by atoms with Gasteiger partial charge in [0.05, 0.1) is 0 Å². The average Bonchev–Trinajstić information content (AvgIpc) is 1.87. The molecule has 2 unspecified atom stereocenters. The smallest absolute Gasteiger partial charge is 0.0229 e. The molecule has 1 aliphatic rings. The van der Waals surface area contributed by atoms with Crippen LogP contribution in [0.1, 0.15) is 13.3 Å². The standard InChI is InChI=1S/C6H11N/c1-5-2-3-6(7)4-5/h2-3,5-6H,4,7H2,1H3. The maximum Gasteiger partial charge on any atom is 0.0229 e. The summed E-state index contributed by atoms with van der Waals surface area (Å²) in [4.78, 5) is 0. The number of rotatable bonds is 0. The maximum absolute atomic E-state index is 5.54. The Balaban J connectivity index is 2.42. The molecule has 0 amide bonds. The van der Waals surface area contributed by atoms with Gasteiger partial charge in [0.25, 0.3) is 0 Å². The summed E-state index contributed by atoms with van der Waals surface area (Å²) in [5.74, 6) is 0.718. The third-order valence-corrected chi connectivity index (χ3v) is 1.33. The molecule has 1 nitrogen and oxygen atoms in total. The summed E-state index contributed by atoms with van der Waals surface area (Å²) in [6.07, 6.45) is 5.38. The summed E-state index contributed by atoms with van der Waals surface area (Å²) in [5, 5.41) is 0. The predicted octanol–water partition coefficient (Wildman–Crippen LogP) is 0.910. The zero-order chi connectivity index (χ0) is 5.28. The van der Waals surface area contributed by atoms with Crippen molar-refractivity contribution in [1.82, 2.24) is 0 Å². The molecule has 0 aliphatic heterocycles. The van der Waals surface area contributed by atoms with E-state index in [1.165, 1.54) is 0 Å². The molecule has 0 saturated carbocycles. The molecule has 1 rings (SSSR count). The van der Waals surface area contributed by atoms with E-state index in [9.17, 15) is 0 Å². The average molecular weight is 97.2 g/mol.